The van der Waals surface area contributed by atoms with Gasteiger partial charge in [0.05, 0.1) is 17.2 Å². The Hall–Kier alpha value is -2.21. The molecule has 138 valence electrons. The molecule has 1 fully saturated rings. The number of carbonyl (C=O) groups is 1. The van der Waals surface area contributed by atoms with E-state index >= 15 is 0 Å². The Labute approximate surface area is 159 Å². The van der Waals surface area contributed by atoms with Gasteiger partial charge >= 0.3 is 0 Å². The van der Waals surface area contributed by atoms with E-state index in [2.05, 4.69) is 20.3 Å². The normalized spacial score (nSPS) is 17.0. The van der Waals surface area contributed by atoms with Crippen LogP contribution >= 0.6 is 11.6 Å². The van der Waals surface area contributed by atoms with Crippen molar-refractivity contribution in [2.24, 2.45) is 5.41 Å². The number of aromatic nitrogens is 3. The number of halogens is 1. The van der Waals surface area contributed by atoms with E-state index in [9.17, 15) is 4.79 Å². The second-order valence-corrected chi connectivity index (χ2v) is 7.61. The predicted molar refractivity (Wildman–Crippen MR) is 103 cm³/mol. The third-order valence-electron chi connectivity index (χ3n) is 4.65. The fourth-order valence-electron chi connectivity index (χ4n) is 2.95. The van der Waals surface area contributed by atoms with Crippen LogP contribution in [-0.2, 0) is 4.79 Å². The summed E-state index contributed by atoms with van der Waals surface area (Å²) < 4.78 is 0. The van der Waals surface area contributed by atoms with Crippen LogP contribution in [0.3, 0.4) is 0 Å². The van der Waals surface area contributed by atoms with E-state index < -0.39 is 5.41 Å². The molecule has 0 aromatic carbocycles. The average molecular weight is 374 g/mol. The highest BCUT2D eigenvalue weighted by atomic mass is 35.5. The lowest BCUT2D eigenvalue weighted by Crippen LogP contribution is -2.51. The molecule has 2 aromatic heterocycles. The van der Waals surface area contributed by atoms with Crippen molar-refractivity contribution in [3.63, 3.8) is 0 Å². The van der Waals surface area contributed by atoms with Crippen molar-refractivity contribution in [2.45, 2.75) is 40.2 Å². The molecule has 0 radical (unpaired) electrons. The van der Waals surface area contributed by atoms with Crippen molar-refractivity contribution in [3.05, 3.63) is 41.5 Å². The Balaban J connectivity index is 1.84. The summed E-state index contributed by atoms with van der Waals surface area (Å²) in [6.07, 6.45) is 2.63. The number of anilines is 2. The Bertz CT molecular complexity index is 823. The maximum Gasteiger partial charge on any atom is 0.230 e. The maximum absolute atomic E-state index is 12.7. The third kappa shape index (κ3) is 3.65. The van der Waals surface area contributed by atoms with Crippen LogP contribution in [0.1, 0.15) is 43.4 Å². The topological polar surface area (TPSA) is 71.0 Å². The molecule has 26 heavy (non-hydrogen) atoms. The van der Waals surface area contributed by atoms with Crippen molar-refractivity contribution in [1.29, 1.82) is 0 Å². The van der Waals surface area contributed by atoms with Crippen LogP contribution < -0.4 is 5.32 Å². The largest absolute Gasteiger partial charge is 0.333 e. The van der Waals surface area contributed by atoms with Crippen LogP contribution in [0.15, 0.2) is 24.4 Å². The number of nitrogens with zero attached hydrogens (tertiary/aromatic N) is 4. The molecular weight excluding hydrogens is 350 g/mol. The Morgan fingerprint density at radius 2 is 2.15 bits per heavy atom. The van der Waals surface area contributed by atoms with Crippen LogP contribution in [0.4, 0.5) is 11.6 Å². The van der Waals surface area contributed by atoms with E-state index in [0.717, 1.165) is 30.0 Å². The Morgan fingerprint density at radius 3 is 2.77 bits per heavy atom. The minimum atomic E-state index is -0.575. The lowest BCUT2D eigenvalue weighted by atomic mass is 9.89. The highest BCUT2D eigenvalue weighted by Gasteiger charge is 2.41. The number of likely N-dealkylation sites (tertiary alicyclic amines) is 1. The Morgan fingerprint density at radius 1 is 1.38 bits per heavy atom. The first-order valence-corrected chi connectivity index (χ1v) is 9.26. The SMILES string of the molecule is Cc1nc(Nc2ncccc2C)cc(C2CCN2C(=O)C(C)(C)CCl)n1. The van der Waals surface area contributed by atoms with Gasteiger partial charge in [-0.3, -0.25) is 4.79 Å². The molecule has 1 atom stereocenters. The van der Waals surface area contributed by atoms with Crippen molar-refractivity contribution in [2.75, 3.05) is 17.7 Å². The highest BCUT2D eigenvalue weighted by Crippen LogP contribution is 2.37. The second-order valence-electron chi connectivity index (χ2n) is 7.34. The van der Waals surface area contributed by atoms with Gasteiger partial charge in [0.1, 0.15) is 17.5 Å². The summed E-state index contributed by atoms with van der Waals surface area (Å²) in [4.78, 5) is 28.0. The lowest BCUT2D eigenvalue weighted by Gasteiger charge is -2.44. The third-order valence-corrected chi connectivity index (χ3v) is 5.32. The fourth-order valence-corrected chi connectivity index (χ4v) is 3.06. The number of hydrogen-bond acceptors (Lipinski definition) is 5. The zero-order chi connectivity index (χ0) is 18.9. The molecule has 6 nitrogen and oxygen atoms in total. The van der Waals surface area contributed by atoms with Gasteiger partial charge in [-0.1, -0.05) is 6.07 Å². The summed E-state index contributed by atoms with van der Waals surface area (Å²) in [5, 5.41) is 3.26. The number of carbonyl (C=O) groups excluding carboxylic acids is 1. The van der Waals surface area contributed by atoms with Crippen LogP contribution in [0.5, 0.6) is 0 Å². The molecule has 7 heteroatoms. The summed E-state index contributed by atoms with van der Waals surface area (Å²) in [7, 11) is 0. The fraction of sp³-hybridized carbons (Fsp3) is 0.474. The van der Waals surface area contributed by atoms with E-state index in [-0.39, 0.29) is 11.9 Å². The van der Waals surface area contributed by atoms with E-state index in [4.69, 9.17) is 11.6 Å². The molecule has 0 aliphatic carbocycles. The number of pyridine rings is 1. The first-order valence-electron chi connectivity index (χ1n) is 8.73. The minimum Gasteiger partial charge on any atom is -0.333 e. The van der Waals surface area contributed by atoms with Gasteiger partial charge in [0.15, 0.2) is 0 Å². The molecule has 1 N–H and O–H groups in total. The quantitative estimate of drug-likeness (QED) is 0.808. The molecule has 0 spiro atoms. The van der Waals surface area contributed by atoms with Gasteiger partial charge in [0.25, 0.3) is 0 Å². The summed E-state index contributed by atoms with van der Waals surface area (Å²) >= 11 is 5.97. The maximum atomic E-state index is 12.7. The summed E-state index contributed by atoms with van der Waals surface area (Å²) in [6.45, 7) is 8.33. The van der Waals surface area contributed by atoms with E-state index in [1.807, 2.05) is 50.8 Å². The number of nitrogens with one attached hydrogen (secondary N) is 1. The Kier molecular flexibility index (Phi) is 5.14. The smallest absolute Gasteiger partial charge is 0.230 e. The van der Waals surface area contributed by atoms with Crippen molar-refractivity contribution >= 4 is 29.1 Å². The number of rotatable bonds is 5. The van der Waals surface area contributed by atoms with Gasteiger partial charge in [-0.2, -0.15) is 0 Å². The lowest BCUT2D eigenvalue weighted by molar-refractivity contribution is -0.147. The second kappa shape index (κ2) is 7.19. The number of alkyl halides is 1. The van der Waals surface area contributed by atoms with E-state index in [1.54, 1.807) is 6.20 Å². The van der Waals surface area contributed by atoms with Crippen molar-refractivity contribution in [1.82, 2.24) is 19.9 Å². The predicted octanol–water partition coefficient (Wildman–Crippen LogP) is 3.77. The number of amides is 1. The van der Waals surface area contributed by atoms with Gasteiger partial charge in [0, 0.05) is 24.7 Å². The van der Waals surface area contributed by atoms with Gasteiger partial charge < -0.3 is 10.2 Å². The van der Waals surface area contributed by atoms with Gasteiger partial charge in [-0.25, -0.2) is 15.0 Å². The van der Waals surface area contributed by atoms with Crippen LogP contribution in [-0.4, -0.2) is 38.2 Å². The molecule has 1 saturated heterocycles. The van der Waals surface area contributed by atoms with Crippen molar-refractivity contribution < 1.29 is 4.79 Å². The molecule has 1 amide bonds. The monoisotopic (exact) mass is 373 g/mol. The molecule has 0 bridgehead atoms. The first-order chi connectivity index (χ1) is 12.3. The highest BCUT2D eigenvalue weighted by molar-refractivity contribution is 6.19. The summed E-state index contributed by atoms with van der Waals surface area (Å²) in [6, 6.07) is 5.76. The van der Waals surface area contributed by atoms with Crippen LogP contribution in [0, 0.1) is 19.3 Å². The molecular formula is C19H24ClN5O. The molecule has 3 heterocycles. The van der Waals surface area contributed by atoms with Gasteiger partial charge in [-0.05, 0) is 45.7 Å². The molecule has 1 aliphatic heterocycles. The van der Waals surface area contributed by atoms with Gasteiger partial charge in [-0.15, -0.1) is 11.6 Å². The number of hydrogen-bond donors (Lipinski definition) is 1. The molecule has 1 aliphatic rings. The van der Waals surface area contributed by atoms with Crippen LogP contribution in [0.2, 0.25) is 0 Å². The van der Waals surface area contributed by atoms with E-state index in [0.29, 0.717) is 17.5 Å². The average Bonchev–Trinajstić information content (AvgIpc) is 2.55. The number of aryl methyl sites for hydroxylation is 2. The van der Waals surface area contributed by atoms with E-state index in [1.165, 1.54) is 0 Å². The summed E-state index contributed by atoms with van der Waals surface area (Å²) in [5.74, 6) is 2.47. The first kappa shape index (κ1) is 18.6. The standard InChI is InChI=1S/C19H24ClN5O/c1-12-6-5-8-21-17(12)24-16-10-14(22-13(2)23-16)15-7-9-25(15)18(26)19(3,4)11-20/h5-6,8,10,15H,7,9,11H2,1-4H3,(H,21,22,23,24). The minimum absolute atomic E-state index is 0.0305. The zero-order valence-corrected chi connectivity index (χ0v) is 16.3. The molecule has 1 unspecified atom stereocenters. The van der Waals surface area contributed by atoms with Gasteiger partial charge in [0.2, 0.25) is 5.91 Å². The van der Waals surface area contributed by atoms with Crippen molar-refractivity contribution in [3.8, 4) is 0 Å². The molecule has 2 aromatic rings. The summed E-state index contributed by atoms with van der Waals surface area (Å²) in [5.41, 5.74) is 1.31. The van der Waals surface area contributed by atoms with Crippen LogP contribution in [0.25, 0.3) is 0 Å². The molecule has 3 rings (SSSR count). The molecule has 0 saturated carbocycles. The zero-order valence-electron chi connectivity index (χ0n) is 15.6.